The van der Waals surface area contributed by atoms with Gasteiger partial charge in [-0.05, 0) is 30.7 Å². The van der Waals surface area contributed by atoms with Gasteiger partial charge >= 0.3 is 0 Å². The third kappa shape index (κ3) is 2.62. The summed E-state index contributed by atoms with van der Waals surface area (Å²) in [5.74, 6) is 0.166. The van der Waals surface area contributed by atoms with Crippen molar-refractivity contribution in [3.05, 3.63) is 24.3 Å². The molecule has 2 fully saturated rings. The first-order valence-electron chi connectivity index (χ1n) is 6.64. The SMILES string of the molecule is O=C1C(Br)CCN1c1ccc(N2CCOCC2)cc1. The highest BCUT2D eigenvalue weighted by Gasteiger charge is 2.30. The van der Waals surface area contributed by atoms with E-state index in [-0.39, 0.29) is 10.7 Å². The van der Waals surface area contributed by atoms with Crippen molar-refractivity contribution in [3.8, 4) is 0 Å². The highest BCUT2D eigenvalue weighted by Crippen LogP contribution is 2.27. The first kappa shape index (κ1) is 12.9. The molecule has 2 heterocycles. The van der Waals surface area contributed by atoms with E-state index in [0.29, 0.717) is 0 Å². The molecule has 1 atom stereocenters. The Balaban J connectivity index is 1.73. The van der Waals surface area contributed by atoms with E-state index in [1.54, 1.807) is 0 Å². The molecule has 4 nitrogen and oxygen atoms in total. The number of anilines is 2. The van der Waals surface area contributed by atoms with Crippen LogP contribution in [-0.4, -0.2) is 43.6 Å². The summed E-state index contributed by atoms with van der Waals surface area (Å²) < 4.78 is 5.35. The number of halogens is 1. The number of carbonyl (C=O) groups is 1. The minimum atomic E-state index is -0.0218. The fraction of sp³-hybridized carbons (Fsp3) is 0.500. The summed E-state index contributed by atoms with van der Waals surface area (Å²) in [7, 11) is 0. The van der Waals surface area contributed by atoms with Crippen LogP contribution < -0.4 is 9.80 Å². The van der Waals surface area contributed by atoms with Crippen LogP contribution in [0.25, 0.3) is 0 Å². The van der Waals surface area contributed by atoms with Gasteiger partial charge in [0.05, 0.1) is 18.0 Å². The zero-order chi connectivity index (χ0) is 13.2. The van der Waals surface area contributed by atoms with Gasteiger partial charge in [0.25, 0.3) is 0 Å². The smallest absolute Gasteiger partial charge is 0.240 e. The van der Waals surface area contributed by atoms with Crippen LogP contribution in [0.4, 0.5) is 11.4 Å². The molecule has 102 valence electrons. The number of ether oxygens (including phenoxy) is 1. The molecular weight excluding hydrogens is 308 g/mol. The summed E-state index contributed by atoms with van der Waals surface area (Å²) in [6, 6.07) is 8.26. The maximum absolute atomic E-state index is 11.9. The van der Waals surface area contributed by atoms with Crippen LogP contribution in [0, 0.1) is 0 Å². The summed E-state index contributed by atoms with van der Waals surface area (Å²) >= 11 is 3.41. The van der Waals surface area contributed by atoms with Gasteiger partial charge in [0.1, 0.15) is 0 Å². The Bertz CT molecular complexity index is 457. The lowest BCUT2D eigenvalue weighted by atomic mass is 10.2. The molecule has 0 aliphatic carbocycles. The molecule has 0 N–H and O–H groups in total. The highest BCUT2D eigenvalue weighted by molar-refractivity contribution is 9.10. The van der Waals surface area contributed by atoms with Gasteiger partial charge in [0, 0.05) is 31.0 Å². The van der Waals surface area contributed by atoms with Gasteiger partial charge in [-0.25, -0.2) is 0 Å². The summed E-state index contributed by atoms with van der Waals surface area (Å²) in [5.41, 5.74) is 2.19. The van der Waals surface area contributed by atoms with Crippen molar-refractivity contribution in [1.82, 2.24) is 0 Å². The quantitative estimate of drug-likeness (QED) is 0.780. The summed E-state index contributed by atoms with van der Waals surface area (Å²) in [4.78, 5) is 16.1. The van der Waals surface area contributed by atoms with Crippen molar-refractivity contribution in [2.24, 2.45) is 0 Å². The summed E-state index contributed by atoms with van der Waals surface area (Å²) in [5, 5.41) is 0. The molecule has 2 saturated heterocycles. The Hall–Kier alpha value is -1.07. The van der Waals surface area contributed by atoms with E-state index in [9.17, 15) is 4.79 Å². The predicted octanol–water partition coefficient (Wildman–Crippen LogP) is 2.02. The first-order chi connectivity index (χ1) is 9.25. The van der Waals surface area contributed by atoms with Crippen molar-refractivity contribution in [2.75, 3.05) is 42.6 Å². The van der Waals surface area contributed by atoms with Crippen molar-refractivity contribution in [2.45, 2.75) is 11.2 Å². The van der Waals surface area contributed by atoms with Gasteiger partial charge in [0.15, 0.2) is 0 Å². The molecule has 1 unspecified atom stereocenters. The van der Waals surface area contributed by atoms with Crippen molar-refractivity contribution in [1.29, 1.82) is 0 Å². The van der Waals surface area contributed by atoms with Crippen LogP contribution in [0.5, 0.6) is 0 Å². The Morgan fingerprint density at radius 1 is 1.05 bits per heavy atom. The molecule has 0 aromatic heterocycles. The van der Waals surface area contributed by atoms with Crippen LogP contribution >= 0.6 is 15.9 Å². The lowest BCUT2D eigenvalue weighted by Gasteiger charge is -2.29. The molecule has 0 saturated carbocycles. The van der Waals surface area contributed by atoms with Gasteiger partial charge in [-0.15, -0.1) is 0 Å². The number of nitrogens with zero attached hydrogens (tertiary/aromatic N) is 2. The van der Waals surface area contributed by atoms with Gasteiger partial charge < -0.3 is 14.5 Å². The Morgan fingerprint density at radius 3 is 2.26 bits per heavy atom. The number of benzene rings is 1. The van der Waals surface area contributed by atoms with Crippen LogP contribution in [0.15, 0.2) is 24.3 Å². The molecule has 1 aromatic carbocycles. The van der Waals surface area contributed by atoms with E-state index in [2.05, 4.69) is 33.0 Å². The first-order valence-corrected chi connectivity index (χ1v) is 7.55. The average Bonchev–Trinajstić information content (AvgIpc) is 2.80. The Kier molecular flexibility index (Phi) is 3.75. The van der Waals surface area contributed by atoms with Gasteiger partial charge in [0.2, 0.25) is 5.91 Å². The van der Waals surface area contributed by atoms with Crippen molar-refractivity contribution < 1.29 is 9.53 Å². The average molecular weight is 325 g/mol. The van der Waals surface area contributed by atoms with E-state index in [1.165, 1.54) is 5.69 Å². The minimum Gasteiger partial charge on any atom is -0.378 e. The largest absolute Gasteiger partial charge is 0.378 e. The highest BCUT2D eigenvalue weighted by atomic mass is 79.9. The zero-order valence-electron chi connectivity index (χ0n) is 10.7. The molecule has 19 heavy (non-hydrogen) atoms. The standard InChI is InChI=1S/C14H17BrN2O2/c15-13-5-6-17(14(13)18)12-3-1-11(2-4-12)16-7-9-19-10-8-16/h1-4,13H,5-10H2. The molecule has 1 aromatic rings. The number of rotatable bonds is 2. The molecule has 0 spiro atoms. The molecule has 1 amide bonds. The second-order valence-corrected chi connectivity index (χ2v) is 5.97. The summed E-state index contributed by atoms with van der Waals surface area (Å²) in [6.07, 6.45) is 0.879. The van der Waals surface area contributed by atoms with E-state index in [4.69, 9.17) is 4.74 Å². The van der Waals surface area contributed by atoms with Gasteiger partial charge in [-0.1, -0.05) is 15.9 Å². The Labute approximate surface area is 121 Å². The van der Waals surface area contributed by atoms with Crippen LogP contribution in [0.1, 0.15) is 6.42 Å². The predicted molar refractivity (Wildman–Crippen MR) is 79.2 cm³/mol. The molecular formula is C14H17BrN2O2. The molecule has 0 bridgehead atoms. The number of morpholine rings is 1. The van der Waals surface area contributed by atoms with Crippen LogP contribution in [0.3, 0.4) is 0 Å². The minimum absolute atomic E-state index is 0.0218. The molecule has 2 aliphatic rings. The third-order valence-corrected chi connectivity index (χ3v) is 4.53. The zero-order valence-corrected chi connectivity index (χ0v) is 12.3. The van der Waals surface area contributed by atoms with Crippen molar-refractivity contribution >= 4 is 33.2 Å². The molecule has 0 radical (unpaired) electrons. The number of hydrogen-bond acceptors (Lipinski definition) is 3. The Morgan fingerprint density at radius 2 is 1.68 bits per heavy atom. The fourth-order valence-electron chi connectivity index (χ4n) is 2.57. The fourth-order valence-corrected chi connectivity index (χ4v) is 3.02. The van der Waals surface area contributed by atoms with E-state index < -0.39 is 0 Å². The maximum atomic E-state index is 11.9. The maximum Gasteiger partial charge on any atom is 0.240 e. The van der Waals surface area contributed by atoms with E-state index in [0.717, 1.165) is 45.0 Å². The number of alkyl halides is 1. The van der Waals surface area contributed by atoms with Crippen molar-refractivity contribution in [3.63, 3.8) is 0 Å². The topological polar surface area (TPSA) is 32.8 Å². The lowest BCUT2D eigenvalue weighted by Crippen LogP contribution is -2.36. The van der Waals surface area contributed by atoms with Crippen LogP contribution in [-0.2, 0) is 9.53 Å². The second kappa shape index (κ2) is 5.51. The van der Waals surface area contributed by atoms with Gasteiger partial charge in [-0.2, -0.15) is 0 Å². The number of amides is 1. The molecule has 3 rings (SSSR count). The van der Waals surface area contributed by atoms with E-state index in [1.807, 2.05) is 17.0 Å². The summed E-state index contributed by atoms with van der Waals surface area (Å²) in [6.45, 7) is 4.25. The monoisotopic (exact) mass is 324 g/mol. The molecule has 2 aliphatic heterocycles. The lowest BCUT2D eigenvalue weighted by molar-refractivity contribution is -0.116. The normalized spacial score (nSPS) is 24.1. The third-order valence-electron chi connectivity index (χ3n) is 3.68. The van der Waals surface area contributed by atoms with E-state index >= 15 is 0 Å². The molecule has 5 heteroatoms. The second-order valence-electron chi connectivity index (χ2n) is 4.86. The number of hydrogen-bond donors (Lipinski definition) is 0. The van der Waals surface area contributed by atoms with Crippen LogP contribution in [0.2, 0.25) is 0 Å². The number of carbonyl (C=O) groups excluding carboxylic acids is 1. The van der Waals surface area contributed by atoms with Gasteiger partial charge in [-0.3, -0.25) is 4.79 Å².